The third-order valence-corrected chi connectivity index (χ3v) is 3.10. The van der Waals surface area contributed by atoms with E-state index in [0.29, 0.717) is 6.04 Å². The van der Waals surface area contributed by atoms with Gasteiger partial charge in [0, 0.05) is 12.6 Å². The Bertz CT molecular complexity index is 197. The van der Waals surface area contributed by atoms with E-state index in [2.05, 4.69) is 24.8 Å². The van der Waals surface area contributed by atoms with Crippen molar-refractivity contribution in [1.29, 1.82) is 5.26 Å². The van der Waals surface area contributed by atoms with Crippen LogP contribution < -0.4 is 5.73 Å². The first kappa shape index (κ1) is 10.5. The highest BCUT2D eigenvalue weighted by molar-refractivity contribution is 4.91. The van der Waals surface area contributed by atoms with Gasteiger partial charge in [-0.25, -0.2) is 0 Å². The van der Waals surface area contributed by atoms with Crippen LogP contribution in [0.3, 0.4) is 0 Å². The third-order valence-electron chi connectivity index (χ3n) is 3.10. The predicted octanol–water partition coefficient (Wildman–Crippen LogP) is 0.958. The van der Waals surface area contributed by atoms with Gasteiger partial charge in [-0.05, 0) is 32.2 Å². The largest absolute Gasteiger partial charge is 0.315 e. The molecule has 13 heavy (non-hydrogen) atoms. The minimum atomic E-state index is -0.326. The summed E-state index contributed by atoms with van der Waals surface area (Å²) in [5.41, 5.74) is 5.61. The molecule has 1 aliphatic rings. The standard InChI is InChI=1S/C10H19N3/c1-8-4-3-5-13(9(8)2)7-10(12)6-11/h8-10H,3-5,7,12H2,1-2H3. The molecular weight excluding hydrogens is 162 g/mol. The summed E-state index contributed by atoms with van der Waals surface area (Å²) in [4.78, 5) is 2.34. The molecular formula is C10H19N3. The van der Waals surface area contributed by atoms with Crippen molar-refractivity contribution >= 4 is 0 Å². The molecule has 1 saturated heterocycles. The number of piperidine rings is 1. The summed E-state index contributed by atoms with van der Waals surface area (Å²) in [7, 11) is 0. The van der Waals surface area contributed by atoms with Crippen molar-refractivity contribution < 1.29 is 0 Å². The summed E-state index contributed by atoms with van der Waals surface area (Å²) < 4.78 is 0. The van der Waals surface area contributed by atoms with Gasteiger partial charge in [-0.15, -0.1) is 0 Å². The maximum absolute atomic E-state index is 8.62. The Kier molecular flexibility index (Phi) is 3.71. The second-order valence-electron chi connectivity index (χ2n) is 4.09. The number of hydrogen-bond donors (Lipinski definition) is 1. The zero-order valence-corrected chi connectivity index (χ0v) is 8.53. The Balaban J connectivity index is 2.45. The zero-order chi connectivity index (χ0) is 9.84. The molecule has 1 rings (SSSR count). The highest BCUT2D eigenvalue weighted by Crippen LogP contribution is 2.22. The molecule has 0 bridgehead atoms. The van der Waals surface area contributed by atoms with E-state index < -0.39 is 0 Å². The molecule has 0 spiro atoms. The Morgan fingerprint density at radius 1 is 1.62 bits per heavy atom. The van der Waals surface area contributed by atoms with Gasteiger partial charge >= 0.3 is 0 Å². The second-order valence-corrected chi connectivity index (χ2v) is 4.09. The lowest BCUT2D eigenvalue weighted by molar-refractivity contribution is 0.112. The van der Waals surface area contributed by atoms with Crippen molar-refractivity contribution in [2.75, 3.05) is 13.1 Å². The first-order valence-corrected chi connectivity index (χ1v) is 5.04. The lowest BCUT2D eigenvalue weighted by atomic mass is 9.92. The van der Waals surface area contributed by atoms with E-state index >= 15 is 0 Å². The zero-order valence-electron chi connectivity index (χ0n) is 8.53. The number of hydrogen-bond acceptors (Lipinski definition) is 3. The Hall–Kier alpha value is -0.590. The van der Waals surface area contributed by atoms with Crippen LogP contribution in [0.15, 0.2) is 0 Å². The van der Waals surface area contributed by atoms with Crippen LogP contribution in [-0.4, -0.2) is 30.1 Å². The highest BCUT2D eigenvalue weighted by atomic mass is 15.2. The Morgan fingerprint density at radius 2 is 2.31 bits per heavy atom. The van der Waals surface area contributed by atoms with Crippen LogP contribution in [0.25, 0.3) is 0 Å². The van der Waals surface area contributed by atoms with Crippen molar-refractivity contribution in [1.82, 2.24) is 4.90 Å². The van der Waals surface area contributed by atoms with Crippen LogP contribution in [0.4, 0.5) is 0 Å². The molecule has 0 aliphatic carbocycles. The Labute approximate surface area is 80.5 Å². The summed E-state index contributed by atoms with van der Waals surface area (Å²) in [5.74, 6) is 0.736. The second kappa shape index (κ2) is 4.59. The van der Waals surface area contributed by atoms with E-state index in [1.807, 2.05) is 0 Å². The van der Waals surface area contributed by atoms with Crippen molar-refractivity contribution in [3.8, 4) is 6.07 Å². The minimum absolute atomic E-state index is 0.326. The SMILES string of the molecule is CC1CCCN(CC(N)C#N)C1C. The summed E-state index contributed by atoms with van der Waals surface area (Å²) in [6.07, 6.45) is 2.54. The molecule has 1 aliphatic heterocycles. The molecule has 1 fully saturated rings. The fourth-order valence-electron chi connectivity index (χ4n) is 1.97. The first-order chi connectivity index (χ1) is 6.15. The minimum Gasteiger partial charge on any atom is -0.315 e. The van der Waals surface area contributed by atoms with Crippen LogP contribution in [0, 0.1) is 17.2 Å². The van der Waals surface area contributed by atoms with Crippen molar-refractivity contribution in [2.45, 2.75) is 38.8 Å². The average molecular weight is 181 g/mol. The maximum Gasteiger partial charge on any atom is 0.106 e. The summed E-state index contributed by atoms with van der Waals surface area (Å²) in [5, 5.41) is 8.62. The fourth-order valence-corrected chi connectivity index (χ4v) is 1.97. The molecule has 1 heterocycles. The molecule has 0 aromatic carbocycles. The number of likely N-dealkylation sites (tertiary alicyclic amines) is 1. The van der Waals surface area contributed by atoms with Gasteiger partial charge in [0.1, 0.15) is 6.04 Å². The van der Waals surface area contributed by atoms with Crippen LogP contribution in [0.2, 0.25) is 0 Å². The molecule has 3 atom stereocenters. The molecule has 0 radical (unpaired) electrons. The van der Waals surface area contributed by atoms with E-state index in [0.717, 1.165) is 19.0 Å². The monoisotopic (exact) mass is 181 g/mol. The first-order valence-electron chi connectivity index (χ1n) is 5.04. The lowest BCUT2D eigenvalue weighted by Gasteiger charge is -2.38. The van der Waals surface area contributed by atoms with Crippen LogP contribution >= 0.6 is 0 Å². The van der Waals surface area contributed by atoms with Crippen molar-refractivity contribution in [3.05, 3.63) is 0 Å². The van der Waals surface area contributed by atoms with Crippen LogP contribution in [-0.2, 0) is 0 Å². The predicted molar refractivity (Wildman–Crippen MR) is 53.0 cm³/mol. The number of nitriles is 1. The molecule has 0 saturated carbocycles. The van der Waals surface area contributed by atoms with E-state index in [-0.39, 0.29) is 6.04 Å². The van der Waals surface area contributed by atoms with Crippen molar-refractivity contribution in [3.63, 3.8) is 0 Å². The van der Waals surface area contributed by atoms with Gasteiger partial charge < -0.3 is 5.73 Å². The molecule has 3 heteroatoms. The average Bonchev–Trinajstić information content (AvgIpc) is 2.13. The van der Waals surface area contributed by atoms with E-state index in [1.54, 1.807) is 0 Å². The van der Waals surface area contributed by atoms with E-state index in [1.165, 1.54) is 12.8 Å². The molecule has 0 aromatic rings. The maximum atomic E-state index is 8.62. The fraction of sp³-hybridized carbons (Fsp3) is 0.900. The smallest absolute Gasteiger partial charge is 0.106 e. The highest BCUT2D eigenvalue weighted by Gasteiger charge is 2.25. The van der Waals surface area contributed by atoms with Crippen LogP contribution in [0.5, 0.6) is 0 Å². The van der Waals surface area contributed by atoms with Crippen LogP contribution in [0.1, 0.15) is 26.7 Å². The van der Waals surface area contributed by atoms with Gasteiger partial charge in [0.05, 0.1) is 6.07 Å². The van der Waals surface area contributed by atoms with E-state index in [4.69, 9.17) is 11.0 Å². The van der Waals surface area contributed by atoms with Crippen molar-refractivity contribution in [2.24, 2.45) is 11.7 Å². The quantitative estimate of drug-likeness (QED) is 0.690. The molecule has 3 nitrogen and oxygen atoms in total. The lowest BCUT2D eigenvalue weighted by Crippen LogP contribution is -2.47. The third kappa shape index (κ3) is 2.68. The van der Waals surface area contributed by atoms with Gasteiger partial charge in [-0.1, -0.05) is 6.92 Å². The molecule has 0 aromatic heterocycles. The van der Waals surface area contributed by atoms with Gasteiger partial charge in [0.15, 0.2) is 0 Å². The van der Waals surface area contributed by atoms with Gasteiger partial charge in [-0.3, -0.25) is 4.90 Å². The number of rotatable bonds is 2. The van der Waals surface area contributed by atoms with E-state index in [9.17, 15) is 0 Å². The molecule has 74 valence electrons. The summed E-state index contributed by atoms with van der Waals surface area (Å²) in [6, 6.07) is 2.33. The Morgan fingerprint density at radius 3 is 2.92 bits per heavy atom. The van der Waals surface area contributed by atoms with Gasteiger partial charge in [0.2, 0.25) is 0 Å². The summed E-state index contributed by atoms with van der Waals surface area (Å²) >= 11 is 0. The molecule has 2 N–H and O–H groups in total. The molecule has 3 unspecified atom stereocenters. The normalized spacial score (nSPS) is 32.5. The number of nitrogens with zero attached hydrogens (tertiary/aromatic N) is 2. The summed E-state index contributed by atoms with van der Waals surface area (Å²) in [6.45, 7) is 6.32. The topological polar surface area (TPSA) is 53.0 Å². The van der Waals surface area contributed by atoms with Gasteiger partial charge in [0.25, 0.3) is 0 Å². The number of nitrogens with two attached hydrogens (primary N) is 1. The molecule has 0 amide bonds. The van der Waals surface area contributed by atoms with Gasteiger partial charge in [-0.2, -0.15) is 5.26 Å².